The third kappa shape index (κ3) is 15.6. The fourth-order valence-corrected chi connectivity index (χ4v) is 3.13. The molecule has 5 heteroatoms. The van der Waals surface area contributed by atoms with Crippen LogP contribution in [0.15, 0.2) is 12.2 Å². The number of aliphatic hydroxyl groups is 3. The van der Waals surface area contributed by atoms with E-state index in [0.29, 0.717) is 12.8 Å². The van der Waals surface area contributed by atoms with E-state index in [2.05, 4.69) is 19.1 Å². The van der Waals surface area contributed by atoms with E-state index < -0.39 is 5.41 Å². The molecule has 0 saturated heterocycles. The van der Waals surface area contributed by atoms with E-state index in [1.807, 2.05) is 6.92 Å². The fraction of sp³-hybridized carbons (Fsp3) is 0.875. The minimum atomic E-state index is -0.714. The molecule has 3 N–H and O–H groups in total. The van der Waals surface area contributed by atoms with Crippen molar-refractivity contribution in [2.75, 3.05) is 19.8 Å². The van der Waals surface area contributed by atoms with Crippen LogP contribution in [-0.2, 0) is 9.53 Å². The number of aliphatic hydroxyl groups excluding tert-OH is 3. The molecule has 0 amide bonds. The number of allylic oxidation sites excluding steroid dienone is 1. The molecule has 1 atom stereocenters. The van der Waals surface area contributed by atoms with Crippen molar-refractivity contribution in [3.05, 3.63) is 12.2 Å². The lowest BCUT2D eigenvalue weighted by atomic mass is 9.88. The second-order valence-corrected chi connectivity index (χ2v) is 8.35. The van der Waals surface area contributed by atoms with Gasteiger partial charge in [0.2, 0.25) is 0 Å². The Bertz CT molecular complexity index is 396. The van der Waals surface area contributed by atoms with Crippen molar-refractivity contribution in [2.45, 2.75) is 110 Å². The van der Waals surface area contributed by atoms with Crippen molar-refractivity contribution < 1.29 is 24.9 Å². The van der Waals surface area contributed by atoms with Gasteiger partial charge in [0.05, 0.1) is 24.7 Å². The SMILES string of the molecule is CCCCCC[C@@H](O)CC=CCCCCCCCC(=O)OCC(CC)(CO)CO. The van der Waals surface area contributed by atoms with Gasteiger partial charge >= 0.3 is 5.97 Å². The predicted molar refractivity (Wildman–Crippen MR) is 119 cm³/mol. The van der Waals surface area contributed by atoms with Crippen molar-refractivity contribution in [2.24, 2.45) is 5.41 Å². The van der Waals surface area contributed by atoms with Gasteiger partial charge in [0.25, 0.3) is 0 Å². The molecule has 5 nitrogen and oxygen atoms in total. The van der Waals surface area contributed by atoms with Gasteiger partial charge in [-0.1, -0.05) is 70.9 Å². The summed E-state index contributed by atoms with van der Waals surface area (Å²) in [6.07, 6.45) is 17.8. The zero-order valence-corrected chi connectivity index (χ0v) is 18.9. The number of ether oxygens (including phenoxy) is 1. The Hall–Kier alpha value is -0.910. The van der Waals surface area contributed by atoms with Crippen molar-refractivity contribution >= 4 is 5.97 Å². The number of carbonyl (C=O) groups is 1. The molecule has 0 aromatic rings. The molecular formula is C24H46O5. The average molecular weight is 415 g/mol. The molecule has 0 aromatic heterocycles. The number of hydrogen-bond acceptors (Lipinski definition) is 5. The maximum absolute atomic E-state index is 11.8. The van der Waals surface area contributed by atoms with Crippen LogP contribution >= 0.6 is 0 Å². The third-order valence-corrected chi connectivity index (χ3v) is 5.68. The third-order valence-electron chi connectivity index (χ3n) is 5.68. The normalized spacial score (nSPS) is 13.1. The highest BCUT2D eigenvalue weighted by Gasteiger charge is 2.28. The largest absolute Gasteiger partial charge is 0.465 e. The van der Waals surface area contributed by atoms with E-state index in [1.54, 1.807) is 0 Å². The summed E-state index contributed by atoms with van der Waals surface area (Å²) < 4.78 is 5.22. The molecule has 0 rings (SSSR count). The van der Waals surface area contributed by atoms with E-state index >= 15 is 0 Å². The lowest BCUT2D eigenvalue weighted by Gasteiger charge is -2.27. The minimum absolute atomic E-state index is 0.0785. The Balaban J connectivity index is 3.55. The number of hydrogen-bond donors (Lipinski definition) is 3. The highest BCUT2D eigenvalue weighted by Crippen LogP contribution is 2.21. The molecule has 0 aliphatic rings. The number of esters is 1. The van der Waals surface area contributed by atoms with Crippen LogP contribution in [0.5, 0.6) is 0 Å². The van der Waals surface area contributed by atoms with Crippen LogP contribution in [0.3, 0.4) is 0 Å². The molecule has 0 unspecified atom stereocenters. The van der Waals surface area contributed by atoms with Crippen LogP contribution in [0.25, 0.3) is 0 Å². The van der Waals surface area contributed by atoms with E-state index in [0.717, 1.165) is 57.8 Å². The molecule has 0 aliphatic heterocycles. The van der Waals surface area contributed by atoms with Crippen LogP contribution in [0.4, 0.5) is 0 Å². The van der Waals surface area contributed by atoms with Crippen LogP contribution in [0.1, 0.15) is 104 Å². The average Bonchev–Trinajstić information content (AvgIpc) is 2.74. The summed E-state index contributed by atoms with van der Waals surface area (Å²) in [4.78, 5) is 11.8. The summed E-state index contributed by atoms with van der Waals surface area (Å²) in [5.41, 5.74) is -0.714. The first-order valence-corrected chi connectivity index (χ1v) is 11.7. The molecule has 0 heterocycles. The minimum Gasteiger partial charge on any atom is -0.465 e. The summed E-state index contributed by atoms with van der Waals surface area (Å²) in [5, 5.41) is 28.6. The second kappa shape index (κ2) is 19.1. The number of rotatable bonds is 20. The lowest BCUT2D eigenvalue weighted by Crippen LogP contribution is -2.35. The molecular weight excluding hydrogens is 368 g/mol. The highest BCUT2D eigenvalue weighted by atomic mass is 16.5. The smallest absolute Gasteiger partial charge is 0.305 e. The van der Waals surface area contributed by atoms with Gasteiger partial charge in [0.1, 0.15) is 6.61 Å². The van der Waals surface area contributed by atoms with Gasteiger partial charge in [-0.15, -0.1) is 0 Å². The maximum atomic E-state index is 11.8. The van der Waals surface area contributed by atoms with E-state index in [9.17, 15) is 20.1 Å². The van der Waals surface area contributed by atoms with Crippen LogP contribution in [-0.4, -0.2) is 47.2 Å². The zero-order chi connectivity index (χ0) is 21.8. The Morgan fingerprint density at radius 2 is 1.59 bits per heavy atom. The van der Waals surface area contributed by atoms with Crippen LogP contribution in [0, 0.1) is 5.41 Å². The van der Waals surface area contributed by atoms with Crippen molar-refractivity contribution in [3.63, 3.8) is 0 Å². The molecule has 0 fully saturated rings. The van der Waals surface area contributed by atoms with Gasteiger partial charge < -0.3 is 20.1 Å². The van der Waals surface area contributed by atoms with Crippen molar-refractivity contribution in [1.29, 1.82) is 0 Å². The van der Waals surface area contributed by atoms with E-state index in [1.165, 1.54) is 19.3 Å². The second-order valence-electron chi connectivity index (χ2n) is 8.35. The predicted octanol–water partition coefficient (Wildman–Crippen LogP) is 4.92. The summed E-state index contributed by atoms with van der Waals surface area (Å²) in [5.74, 6) is -0.249. The fourth-order valence-electron chi connectivity index (χ4n) is 3.13. The lowest BCUT2D eigenvalue weighted by molar-refractivity contribution is -0.149. The van der Waals surface area contributed by atoms with Crippen molar-refractivity contribution in [3.8, 4) is 0 Å². The number of carbonyl (C=O) groups excluding carboxylic acids is 1. The summed E-state index contributed by atoms with van der Waals surface area (Å²) in [6, 6.07) is 0. The standard InChI is InChI=1S/C24H46O5/c1-3-5-6-13-16-22(27)17-14-11-9-7-8-10-12-15-18-23(28)29-21-24(4-2,19-25)20-26/h11,14,22,25-27H,3-10,12-13,15-21H2,1-2H3/t22-/m1/s1. The maximum Gasteiger partial charge on any atom is 0.305 e. The Morgan fingerprint density at radius 3 is 2.24 bits per heavy atom. The first-order chi connectivity index (χ1) is 14.0. The molecule has 0 aromatic carbocycles. The van der Waals surface area contributed by atoms with Gasteiger partial charge in [-0.25, -0.2) is 0 Å². The van der Waals surface area contributed by atoms with Gasteiger partial charge in [0.15, 0.2) is 0 Å². The first-order valence-electron chi connectivity index (χ1n) is 11.7. The molecule has 0 saturated carbocycles. The topological polar surface area (TPSA) is 87.0 Å². The first kappa shape index (κ1) is 28.1. The summed E-state index contributed by atoms with van der Waals surface area (Å²) in [6.45, 7) is 3.78. The van der Waals surface area contributed by atoms with Gasteiger partial charge in [-0.2, -0.15) is 0 Å². The van der Waals surface area contributed by atoms with Gasteiger partial charge in [-0.3, -0.25) is 4.79 Å². The van der Waals surface area contributed by atoms with E-state index in [-0.39, 0.29) is 31.9 Å². The van der Waals surface area contributed by atoms with Gasteiger partial charge in [0, 0.05) is 6.42 Å². The highest BCUT2D eigenvalue weighted by molar-refractivity contribution is 5.69. The Labute approximate surface area is 178 Å². The molecule has 0 aliphatic carbocycles. The quantitative estimate of drug-likeness (QED) is 0.150. The molecule has 0 bridgehead atoms. The molecule has 172 valence electrons. The molecule has 29 heavy (non-hydrogen) atoms. The monoisotopic (exact) mass is 414 g/mol. The van der Waals surface area contributed by atoms with E-state index in [4.69, 9.17) is 4.74 Å². The van der Waals surface area contributed by atoms with Crippen LogP contribution in [0.2, 0.25) is 0 Å². The molecule has 0 radical (unpaired) electrons. The Morgan fingerprint density at radius 1 is 0.931 bits per heavy atom. The summed E-state index contributed by atoms with van der Waals surface area (Å²) in [7, 11) is 0. The zero-order valence-electron chi connectivity index (χ0n) is 18.9. The molecule has 0 spiro atoms. The number of unbranched alkanes of at least 4 members (excludes halogenated alkanes) is 8. The summed E-state index contributed by atoms with van der Waals surface area (Å²) >= 11 is 0. The van der Waals surface area contributed by atoms with Crippen LogP contribution < -0.4 is 0 Å². The van der Waals surface area contributed by atoms with Gasteiger partial charge in [-0.05, 0) is 38.5 Å². The van der Waals surface area contributed by atoms with Crippen molar-refractivity contribution in [1.82, 2.24) is 0 Å². The Kier molecular flexibility index (Phi) is 18.5.